The first-order valence-electron chi connectivity index (χ1n) is 12.9. The van der Waals surface area contributed by atoms with Gasteiger partial charge in [-0.1, -0.05) is 0 Å². The number of nitrogens with two attached hydrogens (primary N) is 1. The molecule has 0 bridgehead atoms. The third-order valence-corrected chi connectivity index (χ3v) is 6.73. The summed E-state index contributed by atoms with van der Waals surface area (Å²) in [4.78, 5) is 53.2. The van der Waals surface area contributed by atoms with Crippen LogP contribution in [-0.2, 0) is 25.4 Å². The zero-order valence-electron chi connectivity index (χ0n) is 22.8. The Kier molecular flexibility index (Phi) is 8.24. The van der Waals surface area contributed by atoms with Crippen LogP contribution in [0.15, 0.2) is 36.8 Å². The molecule has 0 unspecified atom stereocenters. The lowest BCUT2D eigenvalue weighted by Gasteiger charge is -2.13. The summed E-state index contributed by atoms with van der Waals surface area (Å²) in [5.74, 6) is -0.706. The van der Waals surface area contributed by atoms with E-state index in [1.54, 1.807) is 54.0 Å². The number of amides is 4. The third-order valence-electron chi connectivity index (χ3n) is 6.73. The number of primary amides is 1. The van der Waals surface area contributed by atoms with Crippen molar-refractivity contribution in [2.45, 2.75) is 25.8 Å². The van der Waals surface area contributed by atoms with Crippen LogP contribution in [0.5, 0.6) is 0 Å². The monoisotopic (exact) mass is 536 g/mol. The molecule has 0 saturated heterocycles. The molecule has 0 radical (unpaired) electrons. The van der Waals surface area contributed by atoms with Gasteiger partial charge in [-0.3, -0.25) is 24.1 Å². The van der Waals surface area contributed by atoms with E-state index in [1.165, 1.54) is 11.0 Å². The van der Waals surface area contributed by atoms with Crippen LogP contribution in [0.1, 0.15) is 50.7 Å². The zero-order valence-corrected chi connectivity index (χ0v) is 22.8. The Balaban J connectivity index is 1.53. The average molecular weight is 537 g/mol. The summed E-state index contributed by atoms with van der Waals surface area (Å²) in [5, 5.41) is 5.80. The van der Waals surface area contributed by atoms with Gasteiger partial charge in [-0.2, -0.15) is 0 Å². The molecule has 3 aromatic rings. The van der Waals surface area contributed by atoms with E-state index in [9.17, 15) is 19.2 Å². The number of hydrogen-bond acceptors (Lipinski definition) is 5. The molecule has 208 valence electrons. The Morgan fingerprint density at radius 1 is 0.974 bits per heavy atom. The molecule has 4 N–H and O–H groups in total. The molecule has 4 amide bonds. The second-order valence-corrected chi connectivity index (χ2v) is 10.3. The SMILES string of the molecule is CN(C)CCCNC(=O)c1cc(NC(=O)c2cc(N(C=O)c3cc(C(N)=O)n(C)c3)cn2CC2CC2)cn1C. The van der Waals surface area contributed by atoms with Crippen molar-refractivity contribution in [3.63, 3.8) is 0 Å². The van der Waals surface area contributed by atoms with Crippen molar-refractivity contribution in [1.82, 2.24) is 23.9 Å². The van der Waals surface area contributed by atoms with Crippen molar-refractivity contribution in [3.05, 3.63) is 53.9 Å². The van der Waals surface area contributed by atoms with Gasteiger partial charge in [0.05, 0.1) is 17.1 Å². The van der Waals surface area contributed by atoms with Gasteiger partial charge in [-0.05, 0) is 64.0 Å². The Hall–Kier alpha value is -4.32. The molecule has 12 nitrogen and oxygen atoms in total. The van der Waals surface area contributed by atoms with Gasteiger partial charge in [0.25, 0.3) is 17.7 Å². The summed E-state index contributed by atoms with van der Waals surface area (Å²) >= 11 is 0. The van der Waals surface area contributed by atoms with E-state index in [0.717, 1.165) is 25.8 Å². The van der Waals surface area contributed by atoms with Gasteiger partial charge < -0.3 is 35.0 Å². The minimum atomic E-state index is -0.606. The third kappa shape index (κ3) is 6.58. The lowest BCUT2D eigenvalue weighted by atomic mass is 10.3. The number of hydrogen-bond donors (Lipinski definition) is 3. The van der Waals surface area contributed by atoms with E-state index in [2.05, 4.69) is 15.5 Å². The van der Waals surface area contributed by atoms with Gasteiger partial charge in [-0.15, -0.1) is 0 Å². The summed E-state index contributed by atoms with van der Waals surface area (Å²) in [6, 6.07) is 4.82. The molecule has 3 heterocycles. The van der Waals surface area contributed by atoms with E-state index in [1.807, 2.05) is 18.7 Å². The first-order valence-corrected chi connectivity index (χ1v) is 12.9. The Morgan fingerprint density at radius 3 is 2.26 bits per heavy atom. The van der Waals surface area contributed by atoms with Gasteiger partial charge in [0.15, 0.2) is 0 Å². The van der Waals surface area contributed by atoms with Crippen LogP contribution in [0.25, 0.3) is 0 Å². The molecule has 12 heteroatoms. The Labute approximate surface area is 227 Å². The first-order chi connectivity index (χ1) is 18.6. The fraction of sp³-hybridized carbons (Fsp3) is 0.407. The van der Waals surface area contributed by atoms with E-state index >= 15 is 0 Å². The number of carbonyl (C=O) groups is 4. The molecule has 1 fully saturated rings. The van der Waals surface area contributed by atoms with Crippen LogP contribution in [0.2, 0.25) is 0 Å². The van der Waals surface area contributed by atoms with Gasteiger partial charge in [0.2, 0.25) is 6.41 Å². The number of nitrogens with one attached hydrogen (secondary N) is 2. The van der Waals surface area contributed by atoms with Crippen LogP contribution in [-0.4, -0.2) is 69.9 Å². The summed E-state index contributed by atoms with van der Waals surface area (Å²) in [6.45, 7) is 2.07. The summed E-state index contributed by atoms with van der Waals surface area (Å²) in [7, 11) is 7.38. The fourth-order valence-electron chi connectivity index (χ4n) is 4.48. The zero-order chi connectivity index (χ0) is 28.3. The highest BCUT2D eigenvalue weighted by atomic mass is 16.2. The van der Waals surface area contributed by atoms with E-state index in [-0.39, 0.29) is 17.5 Å². The predicted molar refractivity (Wildman–Crippen MR) is 148 cm³/mol. The minimum Gasteiger partial charge on any atom is -0.364 e. The van der Waals surface area contributed by atoms with Gasteiger partial charge in [0.1, 0.15) is 17.1 Å². The van der Waals surface area contributed by atoms with E-state index in [4.69, 9.17) is 5.73 Å². The van der Waals surface area contributed by atoms with Crippen molar-refractivity contribution in [3.8, 4) is 0 Å². The molecule has 1 aliphatic carbocycles. The second kappa shape index (κ2) is 11.6. The molecule has 0 spiro atoms. The number of anilines is 3. The lowest BCUT2D eigenvalue weighted by molar-refractivity contribution is -0.106. The molecule has 4 rings (SSSR count). The molecule has 0 aromatic carbocycles. The maximum absolute atomic E-state index is 13.4. The molecule has 1 saturated carbocycles. The number of nitrogens with zero attached hydrogens (tertiary/aromatic N) is 5. The van der Waals surface area contributed by atoms with Gasteiger partial charge >= 0.3 is 0 Å². The van der Waals surface area contributed by atoms with Crippen molar-refractivity contribution >= 4 is 41.2 Å². The molecule has 0 atom stereocenters. The number of aryl methyl sites for hydroxylation is 2. The largest absolute Gasteiger partial charge is 0.364 e. The van der Waals surface area contributed by atoms with Crippen molar-refractivity contribution in [2.24, 2.45) is 25.7 Å². The molecule has 1 aliphatic rings. The smallest absolute Gasteiger partial charge is 0.272 e. The van der Waals surface area contributed by atoms with Crippen molar-refractivity contribution in [1.29, 1.82) is 0 Å². The standard InChI is InChI=1S/C27H36N8O4/c1-31(2)9-5-8-29-26(38)23-10-19(14-32(23)3)30-27(39)24-12-21(16-34(24)13-18-6-7-18)35(17-36)20-11-22(25(28)37)33(4)15-20/h10-12,14-18H,5-9,13H2,1-4H3,(H2,28,37)(H,29,38)(H,30,39). The fourth-order valence-corrected chi connectivity index (χ4v) is 4.48. The lowest BCUT2D eigenvalue weighted by Crippen LogP contribution is -2.28. The molecule has 39 heavy (non-hydrogen) atoms. The van der Waals surface area contributed by atoms with Crippen molar-refractivity contribution < 1.29 is 19.2 Å². The second-order valence-electron chi connectivity index (χ2n) is 10.3. The Bertz CT molecular complexity index is 1380. The average Bonchev–Trinajstić information content (AvgIpc) is 3.27. The van der Waals surface area contributed by atoms with E-state index < -0.39 is 5.91 Å². The van der Waals surface area contributed by atoms with Crippen LogP contribution in [0.3, 0.4) is 0 Å². The highest BCUT2D eigenvalue weighted by molar-refractivity contribution is 6.05. The summed E-state index contributed by atoms with van der Waals surface area (Å²) in [5.41, 5.74) is 7.95. The van der Waals surface area contributed by atoms with E-state index in [0.29, 0.717) is 53.9 Å². The number of carbonyl (C=O) groups excluding carboxylic acids is 4. The molecular weight excluding hydrogens is 500 g/mol. The number of rotatable bonds is 13. The first kappa shape index (κ1) is 27.7. The molecular formula is C27H36N8O4. The normalized spacial score (nSPS) is 12.9. The van der Waals surface area contributed by atoms with Crippen LogP contribution < -0.4 is 21.3 Å². The maximum atomic E-state index is 13.4. The Morgan fingerprint density at radius 2 is 1.64 bits per heavy atom. The van der Waals surface area contributed by atoms with Gasteiger partial charge in [-0.25, -0.2) is 0 Å². The molecule has 0 aliphatic heterocycles. The molecule has 3 aromatic heterocycles. The van der Waals surface area contributed by atoms with Crippen molar-refractivity contribution in [2.75, 3.05) is 37.4 Å². The number of aromatic nitrogens is 3. The van der Waals surface area contributed by atoms with Crippen LogP contribution in [0.4, 0.5) is 17.1 Å². The predicted octanol–water partition coefficient (Wildman–Crippen LogP) is 1.90. The maximum Gasteiger partial charge on any atom is 0.272 e. The quantitative estimate of drug-likeness (QED) is 0.226. The summed E-state index contributed by atoms with van der Waals surface area (Å²) < 4.78 is 5.07. The van der Waals surface area contributed by atoms with Crippen LogP contribution in [0, 0.1) is 5.92 Å². The highest BCUT2D eigenvalue weighted by Crippen LogP contribution is 2.34. The topological polar surface area (TPSA) is 140 Å². The summed E-state index contributed by atoms with van der Waals surface area (Å²) in [6.07, 6.45) is 8.71. The minimum absolute atomic E-state index is 0.212. The highest BCUT2D eigenvalue weighted by Gasteiger charge is 2.26. The van der Waals surface area contributed by atoms with Gasteiger partial charge in [0, 0.05) is 45.8 Å². The van der Waals surface area contributed by atoms with Crippen LogP contribution >= 0.6 is 0 Å².